The minimum absolute atomic E-state index is 0.120. The van der Waals surface area contributed by atoms with Gasteiger partial charge in [0.25, 0.3) is 5.78 Å². The van der Waals surface area contributed by atoms with Crippen molar-refractivity contribution in [3.63, 3.8) is 0 Å². The summed E-state index contributed by atoms with van der Waals surface area (Å²) in [5.41, 5.74) is 1.03. The number of amides is 1. The number of benzene rings is 2. The number of carbonyl (C=O) groups is 3. The number of aliphatic hydroxyl groups excluding tert-OH is 1. The lowest BCUT2D eigenvalue weighted by molar-refractivity contribution is -0.132. The van der Waals surface area contributed by atoms with E-state index in [9.17, 15) is 19.5 Å². The molecular weight excluding hydrogens is 572 g/mol. The molecule has 1 aromatic heterocycles. The van der Waals surface area contributed by atoms with Crippen LogP contribution in [0.25, 0.3) is 5.76 Å². The Bertz CT molecular complexity index is 1530. The van der Waals surface area contributed by atoms with E-state index < -0.39 is 23.7 Å². The minimum atomic E-state index is -1.08. The number of ether oxygens (including phenoxy) is 4. The van der Waals surface area contributed by atoms with Gasteiger partial charge in [0.05, 0.1) is 44.7 Å². The number of hydrogen-bond donors (Lipinski definition) is 1. The number of carbonyl (C=O) groups excluding carboxylic acids is 3. The van der Waals surface area contributed by atoms with Crippen molar-refractivity contribution >= 4 is 39.9 Å². The third-order valence-electron chi connectivity index (χ3n) is 6.79. The van der Waals surface area contributed by atoms with Gasteiger partial charge in [-0.05, 0) is 61.2 Å². The Balaban J connectivity index is 1.83. The van der Waals surface area contributed by atoms with Gasteiger partial charge >= 0.3 is 11.9 Å². The molecule has 43 heavy (non-hydrogen) atoms. The first kappa shape index (κ1) is 31.6. The molecule has 4 rings (SSSR count). The summed E-state index contributed by atoms with van der Waals surface area (Å²) in [6.07, 6.45) is 1.90. The van der Waals surface area contributed by atoms with Gasteiger partial charge in [-0.1, -0.05) is 44.6 Å². The lowest BCUT2D eigenvalue weighted by atomic mass is 9.95. The molecule has 1 unspecified atom stereocenters. The van der Waals surface area contributed by atoms with Gasteiger partial charge in [-0.15, -0.1) is 0 Å². The van der Waals surface area contributed by atoms with E-state index in [1.54, 1.807) is 49.4 Å². The van der Waals surface area contributed by atoms with Gasteiger partial charge in [-0.2, -0.15) is 0 Å². The average Bonchev–Trinajstić information content (AvgIpc) is 3.51. The summed E-state index contributed by atoms with van der Waals surface area (Å²) in [4.78, 5) is 45.9. The van der Waals surface area contributed by atoms with Crippen molar-refractivity contribution in [1.29, 1.82) is 0 Å². The van der Waals surface area contributed by atoms with Crippen molar-refractivity contribution in [2.45, 2.75) is 46.6 Å². The van der Waals surface area contributed by atoms with Crippen molar-refractivity contribution < 1.29 is 38.4 Å². The molecule has 11 heteroatoms. The van der Waals surface area contributed by atoms with Crippen molar-refractivity contribution in [2.24, 2.45) is 5.92 Å². The Kier molecular flexibility index (Phi) is 10.1. The van der Waals surface area contributed by atoms with Crippen molar-refractivity contribution in [1.82, 2.24) is 4.98 Å². The van der Waals surface area contributed by atoms with Crippen LogP contribution in [0.4, 0.5) is 5.13 Å². The molecule has 0 aliphatic carbocycles. The third kappa shape index (κ3) is 6.67. The molecule has 1 N–H and O–H groups in total. The fourth-order valence-electron chi connectivity index (χ4n) is 4.55. The van der Waals surface area contributed by atoms with Crippen LogP contribution in [0.2, 0.25) is 0 Å². The summed E-state index contributed by atoms with van der Waals surface area (Å²) >= 11 is 0.950. The Morgan fingerprint density at radius 2 is 1.77 bits per heavy atom. The van der Waals surface area contributed by atoms with Crippen molar-refractivity contribution in [2.75, 3.05) is 32.3 Å². The lowest BCUT2D eigenvalue weighted by Gasteiger charge is -2.23. The second-order valence-corrected chi connectivity index (χ2v) is 11.4. The number of esters is 1. The van der Waals surface area contributed by atoms with E-state index in [4.69, 9.17) is 18.9 Å². The number of thiazole rings is 1. The van der Waals surface area contributed by atoms with E-state index in [0.717, 1.165) is 24.2 Å². The number of aryl methyl sites for hydroxylation is 1. The summed E-state index contributed by atoms with van der Waals surface area (Å²) in [5, 5.41) is 11.6. The number of ketones is 1. The fraction of sp³-hybridized carbons (Fsp3) is 0.375. The molecule has 228 valence electrons. The Labute approximate surface area is 254 Å². The quantitative estimate of drug-likeness (QED) is 0.0855. The minimum Gasteiger partial charge on any atom is -0.507 e. The van der Waals surface area contributed by atoms with Crippen LogP contribution >= 0.6 is 11.3 Å². The van der Waals surface area contributed by atoms with Gasteiger partial charge in [-0.3, -0.25) is 14.5 Å². The van der Waals surface area contributed by atoms with E-state index in [1.807, 2.05) is 13.8 Å². The van der Waals surface area contributed by atoms with Crippen LogP contribution in [0.5, 0.6) is 17.2 Å². The molecule has 0 spiro atoms. The molecule has 10 nitrogen and oxygen atoms in total. The number of nitrogens with zero attached hydrogens (tertiary/aromatic N) is 2. The monoisotopic (exact) mass is 608 g/mol. The predicted molar refractivity (Wildman–Crippen MR) is 163 cm³/mol. The Morgan fingerprint density at radius 3 is 2.40 bits per heavy atom. The molecule has 0 saturated carbocycles. The van der Waals surface area contributed by atoms with Gasteiger partial charge in [0.1, 0.15) is 16.4 Å². The molecule has 1 saturated heterocycles. The molecule has 2 heterocycles. The number of aliphatic hydroxyl groups is 1. The Hall–Kier alpha value is -4.38. The van der Waals surface area contributed by atoms with E-state index in [2.05, 4.69) is 11.9 Å². The highest BCUT2D eigenvalue weighted by Gasteiger charge is 2.48. The normalized spacial score (nSPS) is 16.1. The number of hydrogen-bond acceptors (Lipinski definition) is 10. The third-order valence-corrected chi connectivity index (χ3v) is 7.92. The van der Waals surface area contributed by atoms with Crippen LogP contribution in [0, 0.1) is 12.8 Å². The van der Waals surface area contributed by atoms with Crippen LogP contribution in [0.15, 0.2) is 48.0 Å². The highest BCUT2D eigenvalue weighted by Crippen LogP contribution is 2.45. The molecule has 1 amide bonds. The molecule has 0 radical (unpaired) electrons. The van der Waals surface area contributed by atoms with E-state index in [1.165, 1.54) is 19.1 Å². The maximum atomic E-state index is 13.6. The standard InChI is InChI=1S/C32H36N2O8S/c1-7-8-15-41-22-12-9-20(10-13-22)27(35)25-26(21-11-14-23(39-5)24(16-21)40-6)34(30(37)28(25)36)32-33-19(4)29(43-32)31(38)42-17-18(2)3/h9-14,16,18,26,35H,7-8,15,17H2,1-6H3/b27-25+. The zero-order valence-corrected chi connectivity index (χ0v) is 25.9. The largest absolute Gasteiger partial charge is 0.507 e. The molecule has 0 bridgehead atoms. The highest BCUT2D eigenvalue weighted by atomic mass is 32.1. The second kappa shape index (κ2) is 13.7. The smallest absolute Gasteiger partial charge is 0.350 e. The maximum Gasteiger partial charge on any atom is 0.350 e. The molecule has 2 aromatic carbocycles. The van der Waals surface area contributed by atoms with E-state index >= 15 is 0 Å². The summed E-state index contributed by atoms with van der Waals surface area (Å²) in [6, 6.07) is 10.6. The van der Waals surface area contributed by atoms with Crippen LogP contribution in [-0.4, -0.2) is 55.2 Å². The first-order chi connectivity index (χ1) is 20.6. The van der Waals surface area contributed by atoms with Gasteiger partial charge in [0.15, 0.2) is 16.6 Å². The lowest BCUT2D eigenvalue weighted by Crippen LogP contribution is -2.29. The number of rotatable bonds is 12. The number of anilines is 1. The van der Waals surface area contributed by atoms with Crippen molar-refractivity contribution in [3.8, 4) is 17.2 Å². The predicted octanol–water partition coefficient (Wildman–Crippen LogP) is 6.09. The van der Waals surface area contributed by atoms with Gasteiger partial charge in [0.2, 0.25) is 0 Å². The Morgan fingerprint density at radius 1 is 1.07 bits per heavy atom. The number of unbranched alkanes of at least 4 members (excludes halogenated alkanes) is 1. The zero-order chi connectivity index (χ0) is 31.3. The van der Waals surface area contributed by atoms with Crippen LogP contribution < -0.4 is 19.1 Å². The van der Waals surface area contributed by atoms with Crippen LogP contribution in [0.1, 0.15) is 66.1 Å². The molecule has 1 atom stereocenters. The SMILES string of the molecule is CCCCOc1ccc(/C(O)=C2\C(=O)C(=O)N(c3nc(C)c(C(=O)OCC(C)C)s3)C2c2ccc(OC)c(OC)c2)cc1. The molecule has 1 aliphatic rings. The topological polar surface area (TPSA) is 124 Å². The first-order valence-electron chi connectivity index (χ1n) is 14.0. The summed E-state index contributed by atoms with van der Waals surface area (Å²) in [6.45, 7) is 8.34. The summed E-state index contributed by atoms with van der Waals surface area (Å²) < 4.78 is 22.0. The van der Waals surface area contributed by atoms with Gasteiger partial charge in [0, 0.05) is 5.56 Å². The fourth-order valence-corrected chi connectivity index (χ4v) is 5.54. The summed E-state index contributed by atoms with van der Waals surface area (Å²) in [7, 11) is 2.97. The first-order valence-corrected chi connectivity index (χ1v) is 14.8. The van der Waals surface area contributed by atoms with Crippen molar-refractivity contribution in [3.05, 3.63) is 69.7 Å². The molecule has 1 fully saturated rings. The number of methoxy groups -OCH3 is 2. The highest BCUT2D eigenvalue weighted by molar-refractivity contribution is 7.17. The maximum absolute atomic E-state index is 13.6. The van der Waals surface area contributed by atoms with E-state index in [0.29, 0.717) is 40.7 Å². The molecule has 1 aliphatic heterocycles. The van der Waals surface area contributed by atoms with Crippen LogP contribution in [0.3, 0.4) is 0 Å². The van der Waals surface area contributed by atoms with Gasteiger partial charge < -0.3 is 24.1 Å². The average molecular weight is 609 g/mol. The van der Waals surface area contributed by atoms with E-state index in [-0.39, 0.29) is 33.9 Å². The zero-order valence-electron chi connectivity index (χ0n) is 25.1. The number of Topliss-reactive ketones (excluding diaryl/α,β-unsaturated/α-hetero) is 1. The summed E-state index contributed by atoms with van der Waals surface area (Å²) in [5.74, 6) is -1.13. The molecule has 3 aromatic rings. The van der Waals surface area contributed by atoms with Gasteiger partial charge in [-0.25, -0.2) is 9.78 Å². The van der Waals surface area contributed by atoms with Crippen LogP contribution in [-0.2, 0) is 14.3 Å². The second-order valence-electron chi connectivity index (χ2n) is 10.4. The molecular formula is C32H36N2O8S. The number of aromatic nitrogens is 1.